The first-order chi connectivity index (χ1) is 13.1. The Morgan fingerprint density at radius 3 is 2.59 bits per heavy atom. The number of hydrogen-bond donors (Lipinski definition) is 2. The maximum absolute atomic E-state index is 12.6. The predicted molar refractivity (Wildman–Crippen MR) is 104 cm³/mol. The summed E-state index contributed by atoms with van der Waals surface area (Å²) in [5.41, 5.74) is 10.5. The molecule has 0 unspecified atom stereocenters. The number of nitrogen functional groups attached to an aromatic ring is 1. The van der Waals surface area contributed by atoms with Gasteiger partial charge in [0.1, 0.15) is 5.82 Å². The van der Waals surface area contributed by atoms with Crippen LogP contribution in [-0.2, 0) is 19.5 Å². The highest BCUT2D eigenvalue weighted by Gasteiger charge is 2.21. The summed E-state index contributed by atoms with van der Waals surface area (Å²) in [6.07, 6.45) is 0.734. The van der Waals surface area contributed by atoms with Gasteiger partial charge in [0.05, 0.1) is 22.9 Å². The number of hydrogen-bond acceptors (Lipinski definition) is 5. The first-order valence-electron chi connectivity index (χ1n) is 8.82. The lowest BCUT2D eigenvalue weighted by atomic mass is 10.0. The van der Waals surface area contributed by atoms with Gasteiger partial charge in [-0.05, 0) is 42.0 Å². The lowest BCUT2D eigenvalue weighted by Gasteiger charge is -2.27. The zero-order chi connectivity index (χ0) is 18.8. The standard InChI is InChI=1S/C21H19N5O/c22-11-14-1-3-15(4-2-14)12-26-10-9-19-18(13-26)21(27)25-20(24-19)16-5-7-17(23)8-6-16/h1-8H,9-10,12-13,23H2,(H,24,25,27). The van der Waals surface area contributed by atoms with Crippen LogP contribution in [0.2, 0.25) is 0 Å². The van der Waals surface area contributed by atoms with Crippen LogP contribution in [0.25, 0.3) is 11.4 Å². The van der Waals surface area contributed by atoms with E-state index in [1.54, 1.807) is 12.1 Å². The third kappa shape index (κ3) is 3.59. The van der Waals surface area contributed by atoms with E-state index in [4.69, 9.17) is 11.0 Å². The van der Waals surface area contributed by atoms with E-state index in [0.717, 1.165) is 41.9 Å². The van der Waals surface area contributed by atoms with Gasteiger partial charge in [-0.2, -0.15) is 5.26 Å². The number of aromatic nitrogens is 2. The lowest BCUT2D eigenvalue weighted by molar-refractivity contribution is 0.242. The largest absolute Gasteiger partial charge is 0.399 e. The number of nitrogens with two attached hydrogens (primary N) is 1. The molecule has 0 saturated heterocycles. The van der Waals surface area contributed by atoms with Crippen molar-refractivity contribution in [2.45, 2.75) is 19.5 Å². The van der Waals surface area contributed by atoms with Crippen LogP contribution in [0.1, 0.15) is 22.4 Å². The Morgan fingerprint density at radius 1 is 1.15 bits per heavy atom. The quantitative estimate of drug-likeness (QED) is 0.702. The van der Waals surface area contributed by atoms with Gasteiger partial charge in [0.25, 0.3) is 5.56 Å². The SMILES string of the molecule is N#Cc1ccc(CN2CCc3nc(-c4ccc(N)cc4)[nH]c(=O)c3C2)cc1. The molecular formula is C21H19N5O. The van der Waals surface area contributed by atoms with Crippen molar-refractivity contribution in [2.24, 2.45) is 0 Å². The molecule has 3 N–H and O–H groups in total. The molecule has 2 heterocycles. The van der Waals surface area contributed by atoms with Gasteiger partial charge in [0.2, 0.25) is 0 Å². The second-order valence-electron chi connectivity index (χ2n) is 6.73. The van der Waals surface area contributed by atoms with Gasteiger partial charge in [-0.15, -0.1) is 0 Å². The van der Waals surface area contributed by atoms with Crippen molar-refractivity contribution in [3.8, 4) is 17.5 Å². The van der Waals surface area contributed by atoms with E-state index in [9.17, 15) is 4.79 Å². The van der Waals surface area contributed by atoms with Crippen LogP contribution >= 0.6 is 0 Å². The number of aromatic amines is 1. The monoisotopic (exact) mass is 357 g/mol. The normalized spacial score (nSPS) is 13.7. The molecule has 0 spiro atoms. The number of nitrogens with zero attached hydrogens (tertiary/aromatic N) is 3. The van der Waals surface area contributed by atoms with Crippen LogP contribution in [0.15, 0.2) is 53.3 Å². The number of nitriles is 1. The van der Waals surface area contributed by atoms with Gasteiger partial charge < -0.3 is 10.7 Å². The molecule has 0 aliphatic carbocycles. The summed E-state index contributed by atoms with van der Waals surface area (Å²) in [5, 5.41) is 8.90. The molecule has 0 bridgehead atoms. The topological polar surface area (TPSA) is 98.8 Å². The van der Waals surface area contributed by atoms with Crippen LogP contribution < -0.4 is 11.3 Å². The van der Waals surface area contributed by atoms with Crippen molar-refractivity contribution in [2.75, 3.05) is 12.3 Å². The van der Waals surface area contributed by atoms with E-state index in [0.29, 0.717) is 23.6 Å². The molecule has 2 aromatic carbocycles. The summed E-state index contributed by atoms with van der Waals surface area (Å²) in [6, 6.07) is 17.0. The number of anilines is 1. The van der Waals surface area contributed by atoms with E-state index in [-0.39, 0.29) is 5.56 Å². The Balaban J connectivity index is 1.55. The Kier molecular flexibility index (Phi) is 4.45. The molecule has 0 saturated carbocycles. The van der Waals surface area contributed by atoms with Crippen LogP contribution in [0, 0.1) is 11.3 Å². The molecule has 6 nitrogen and oxygen atoms in total. The van der Waals surface area contributed by atoms with Crippen molar-refractivity contribution >= 4 is 5.69 Å². The average Bonchev–Trinajstić information content (AvgIpc) is 2.69. The van der Waals surface area contributed by atoms with Crippen molar-refractivity contribution in [1.82, 2.24) is 14.9 Å². The van der Waals surface area contributed by atoms with E-state index >= 15 is 0 Å². The summed E-state index contributed by atoms with van der Waals surface area (Å²) in [4.78, 5) is 22.4. The van der Waals surface area contributed by atoms with Gasteiger partial charge in [0.15, 0.2) is 0 Å². The molecule has 0 radical (unpaired) electrons. The summed E-state index contributed by atoms with van der Waals surface area (Å²) < 4.78 is 0. The first-order valence-corrected chi connectivity index (χ1v) is 8.82. The highest BCUT2D eigenvalue weighted by atomic mass is 16.1. The molecule has 134 valence electrons. The Morgan fingerprint density at radius 2 is 1.89 bits per heavy atom. The molecule has 1 aliphatic rings. The molecule has 0 amide bonds. The van der Waals surface area contributed by atoms with Gasteiger partial charge >= 0.3 is 0 Å². The highest BCUT2D eigenvalue weighted by Crippen LogP contribution is 2.21. The smallest absolute Gasteiger partial charge is 0.255 e. The minimum absolute atomic E-state index is 0.0867. The van der Waals surface area contributed by atoms with Gasteiger partial charge in [-0.3, -0.25) is 9.69 Å². The molecule has 1 aromatic heterocycles. The van der Waals surface area contributed by atoms with Crippen molar-refractivity contribution in [1.29, 1.82) is 5.26 Å². The van der Waals surface area contributed by atoms with Crippen LogP contribution in [0.5, 0.6) is 0 Å². The molecule has 1 aliphatic heterocycles. The maximum atomic E-state index is 12.6. The van der Waals surface area contributed by atoms with Crippen molar-refractivity contribution in [3.63, 3.8) is 0 Å². The summed E-state index contributed by atoms with van der Waals surface area (Å²) in [7, 11) is 0. The minimum Gasteiger partial charge on any atom is -0.399 e. The second-order valence-corrected chi connectivity index (χ2v) is 6.73. The third-order valence-corrected chi connectivity index (χ3v) is 4.82. The fourth-order valence-electron chi connectivity index (χ4n) is 3.34. The zero-order valence-corrected chi connectivity index (χ0v) is 14.8. The number of H-pyrrole nitrogens is 1. The first kappa shape index (κ1) is 17.0. The van der Waals surface area contributed by atoms with E-state index in [1.807, 2.05) is 36.4 Å². The van der Waals surface area contributed by atoms with E-state index < -0.39 is 0 Å². The highest BCUT2D eigenvalue weighted by molar-refractivity contribution is 5.58. The van der Waals surface area contributed by atoms with Crippen molar-refractivity contribution < 1.29 is 0 Å². The molecule has 0 atom stereocenters. The molecule has 6 heteroatoms. The third-order valence-electron chi connectivity index (χ3n) is 4.82. The van der Waals surface area contributed by atoms with Gasteiger partial charge in [0, 0.05) is 37.3 Å². The fourth-order valence-corrected chi connectivity index (χ4v) is 3.34. The number of fused-ring (bicyclic) bond motifs is 1. The molecule has 0 fully saturated rings. The molecule has 4 rings (SSSR count). The number of rotatable bonds is 3. The summed E-state index contributed by atoms with van der Waals surface area (Å²) in [6.45, 7) is 2.15. The fraction of sp³-hybridized carbons (Fsp3) is 0.190. The Bertz CT molecular complexity index is 1060. The lowest BCUT2D eigenvalue weighted by Crippen LogP contribution is -2.35. The Labute approximate surface area is 156 Å². The Hall–Kier alpha value is -3.43. The second kappa shape index (κ2) is 7.06. The summed E-state index contributed by atoms with van der Waals surface area (Å²) >= 11 is 0. The van der Waals surface area contributed by atoms with Gasteiger partial charge in [-0.25, -0.2) is 4.98 Å². The number of benzene rings is 2. The number of nitrogens with one attached hydrogen (secondary N) is 1. The molecule has 27 heavy (non-hydrogen) atoms. The van der Waals surface area contributed by atoms with Crippen LogP contribution in [0.3, 0.4) is 0 Å². The molecule has 3 aromatic rings. The van der Waals surface area contributed by atoms with E-state index in [1.165, 1.54) is 0 Å². The predicted octanol–water partition coefficient (Wildman–Crippen LogP) is 2.45. The molecular weight excluding hydrogens is 338 g/mol. The zero-order valence-electron chi connectivity index (χ0n) is 14.8. The van der Waals surface area contributed by atoms with Crippen LogP contribution in [0.4, 0.5) is 5.69 Å². The van der Waals surface area contributed by atoms with Gasteiger partial charge in [-0.1, -0.05) is 12.1 Å². The summed E-state index contributed by atoms with van der Waals surface area (Å²) in [5.74, 6) is 0.583. The van der Waals surface area contributed by atoms with Crippen LogP contribution in [-0.4, -0.2) is 21.4 Å². The minimum atomic E-state index is -0.0867. The maximum Gasteiger partial charge on any atom is 0.255 e. The average molecular weight is 357 g/mol. The van der Waals surface area contributed by atoms with Crippen molar-refractivity contribution in [3.05, 3.63) is 81.3 Å². The van der Waals surface area contributed by atoms with E-state index in [2.05, 4.69) is 20.9 Å².